The molecular formula is C23H33IN6O3S2. The minimum absolute atomic E-state index is 0. The van der Waals surface area contributed by atoms with Crippen molar-refractivity contribution in [2.24, 2.45) is 0 Å². The molecule has 0 bridgehead atoms. The molecule has 3 aromatic rings. The molecule has 0 spiro atoms. The van der Waals surface area contributed by atoms with Gasteiger partial charge < -0.3 is 33.2 Å². The number of nitrogens with one attached hydrogen (secondary N) is 1. The topological polar surface area (TPSA) is 92.6 Å². The number of aromatic nitrogens is 4. The third-order valence-corrected chi connectivity index (χ3v) is 8.46. The second kappa shape index (κ2) is 10.8. The van der Waals surface area contributed by atoms with Gasteiger partial charge in [0.1, 0.15) is 17.1 Å². The van der Waals surface area contributed by atoms with Crippen LogP contribution in [0.1, 0.15) is 31.8 Å². The fourth-order valence-electron chi connectivity index (χ4n) is 4.27. The van der Waals surface area contributed by atoms with E-state index in [0.29, 0.717) is 41.5 Å². The lowest BCUT2D eigenvalue weighted by atomic mass is 10.2. The molecule has 1 saturated heterocycles. The van der Waals surface area contributed by atoms with Gasteiger partial charge >= 0.3 is 0 Å². The highest BCUT2D eigenvalue weighted by molar-refractivity contribution is 7.89. The summed E-state index contributed by atoms with van der Waals surface area (Å²) in [5.41, 5.74) is 2.13. The Labute approximate surface area is 229 Å². The van der Waals surface area contributed by atoms with Crippen LogP contribution in [0.25, 0.3) is 16.9 Å². The van der Waals surface area contributed by atoms with Crippen molar-refractivity contribution in [2.75, 3.05) is 46.9 Å². The summed E-state index contributed by atoms with van der Waals surface area (Å²) in [6, 6.07) is 4.94. The molecule has 1 N–H and O–H groups in total. The quantitative estimate of drug-likeness (QED) is 0.228. The van der Waals surface area contributed by atoms with E-state index in [2.05, 4.69) is 36.1 Å². The molecule has 4 rings (SSSR count). The van der Waals surface area contributed by atoms with Crippen LogP contribution in [0, 0.1) is 11.6 Å². The SMILES string of the molecule is CCCc1nc(C)c2c(=S)nc(-c3cc(S(=O)(=O)N4CC[N+](C)(C)CC4)ccc3OCC)[nH]n12.[I-]. The van der Waals surface area contributed by atoms with E-state index in [1.54, 1.807) is 22.5 Å². The van der Waals surface area contributed by atoms with Crippen molar-refractivity contribution < 1.29 is 41.6 Å². The van der Waals surface area contributed by atoms with Crippen LogP contribution < -0.4 is 28.7 Å². The van der Waals surface area contributed by atoms with Gasteiger partial charge in [-0.25, -0.2) is 22.9 Å². The fraction of sp³-hybridized carbons (Fsp3) is 0.522. The smallest absolute Gasteiger partial charge is 0.243 e. The maximum absolute atomic E-state index is 13.5. The van der Waals surface area contributed by atoms with Crippen LogP contribution in [0.4, 0.5) is 0 Å². The number of aromatic amines is 1. The minimum Gasteiger partial charge on any atom is -1.00 e. The predicted octanol–water partition coefficient (Wildman–Crippen LogP) is 0.198. The standard InChI is InChI=1S/C23H32N6O3S2.HI/c1-6-8-20-24-16(3)21-23(33)25-22(26-28(20)21)18-15-17(9-10-19(18)32-7-2)34(30,31)27-11-13-29(4,5)14-12-27;/h9-10,15H,6-8,11-14H2,1-5H3;1H. The number of piperazine rings is 1. The number of imidazole rings is 1. The first-order chi connectivity index (χ1) is 16.1. The highest BCUT2D eigenvalue weighted by Gasteiger charge is 2.33. The number of fused-ring (bicyclic) bond motifs is 1. The number of benzene rings is 1. The Morgan fingerprint density at radius 3 is 2.49 bits per heavy atom. The first-order valence-electron chi connectivity index (χ1n) is 11.6. The van der Waals surface area contributed by atoms with Gasteiger partial charge in [-0.2, -0.15) is 4.31 Å². The molecule has 12 heteroatoms. The summed E-state index contributed by atoms with van der Waals surface area (Å²) >= 11 is 5.60. The second-order valence-corrected chi connectivity index (χ2v) is 11.6. The van der Waals surface area contributed by atoms with E-state index in [1.807, 2.05) is 18.4 Å². The molecule has 1 aliphatic heterocycles. The Hall–Kier alpha value is -1.61. The summed E-state index contributed by atoms with van der Waals surface area (Å²) in [5, 5.41) is 3.31. The van der Waals surface area contributed by atoms with Gasteiger partial charge in [-0.1, -0.05) is 19.1 Å². The molecule has 35 heavy (non-hydrogen) atoms. The zero-order valence-corrected chi connectivity index (χ0v) is 24.6. The molecule has 192 valence electrons. The zero-order chi connectivity index (χ0) is 24.7. The normalized spacial score (nSPS) is 16.3. The van der Waals surface area contributed by atoms with Crippen LogP contribution in [0.15, 0.2) is 23.1 Å². The number of sulfonamides is 1. The number of nitrogens with zero attached hydrogens (tertiary/aromatic N) is 5. The summed E-state index contributed by atoms with van der Waals surface area (Å²) < 4.78 is 37.5. The monoisotopic (exact) mass is 632 g/mol. The van der Waals surface area contributed by atoms with Crippen LogP contribution in [0.2, 0.25) is 0 Å². The van der Waals surface area contributed by atoms with Crippen LogP contribution in [-0.4, -0.2) is 83.7 Å². The highest BCUT2D eigenvalue weighted by atomic mass is 127. The van der Waals surface area contributed by atoms with Crippen molar-refractivity contribution in [3.8, 4) is 17.1 Å². The van der Waals surface area contributed by atoms with Crippen LogP contribution in [0.3, 0.4) is 0 Å². The van der Waals surface area contributed by atoms with E-state index >= 15 is 0 Å². The van der Waals surface area contributed by atoms with Gasteiger partial charge in [0, 0.05) is 6.42 Å². The number of H-pyrrole nitrogens is 1. The number of halogens is 1. The van der Waals surface area contributed by atoms with Crippen molar-refractivity contribution >= 4 is 27.8 Å². The average molecular weight is 633 g/mol. The number of rotatable bonds is 7. The summed E-state index contributed by atoms with van der Waals surface area (Å²) in [6.07, 6.45) is 1.71. The highest BCUT2D eigenvalue weighted by Crippen LogP contribution is 2.32. The van der Waals surface area contributed by atoms with Crippen molar-refractivity contribution in [3.63, 3.8) is 0 Å². The average Bonchev–Trinajstić information content (AvgIpc) is 3.09. The molecule has 1 fully saturated rings. The maximum atomic E-state index is 13.5. The van der Waals surface area contributed by atoms with E-state index in [1.165, 1.54) is 0 Å². The fourth-order valence-corrected chi connectivity index (χ4v) is 6.05. The van der Waals surface area contributed by atoms with Gasteiger partial charge in [-0.05, 0) is 38.5 Å². The summed E-state index contributed by atoms with van der Waals surface area (Å²) in [4.78, 5) is 9.48. The van der Waals surface area contributed by atoms with E-state index < -0.39 is 10.0 Å². The summed E-state index contributed by atoms with van der Waals surface area (Å²) in [6.45, 7) is 8.85. The molecule has 0 aliphatic carbocycles. The van der Waals surface area contributed by atoms with E-state index in [0.717, 1.165) is 47.4 Å². The molecule has 0 saturated carbocycles. The van der Waals surface area contributed by atoms with Crippen molar-refractivity contribution in [1.82, 2.24) is 23.9 Å². The molecule has 0 atom stereocenters. The predicted molar refractivity (Wildman–Crippen MR) is 134 cm³/mol. The van der Waals surface area contributed by atoms with Crippen molar-refractivity contribution in [2.45, 2.75) is 38.5 Å². The van der Waals surface area contributed by atoms with Gasteiger partial charge in [0.15, 0.2) is 10.5 Å². The third-order valence-electron chi connectivity index (χ3n) is 6.28. The molecule has 0 amide bonds. The van der Waals surface area contributed by atoms with Crippen LogP contribution in [0.5, 0.6) is 5.75 Å². The van der Waals surface area contributed by atoms with Gasteiger partial charge in [0.05, 0.1) is 63.0 Å². The van der Waals surface area contributed by atoms with Crippen LogP contribution >= 0.6 is 12.2 Å². The number of ether oxygens (including phenoxy) is 1. The number of hydrogen-bond acceptors (Lipinski definition) is 6. The Morgan fingerprint density at radius 2 is 1.86 bits per heavy atom. The lowest BCUT2D eigenvalue weighted by molar-refractivity contribution is -0.893. The van der Waals surface area contributed by atoms with Gasteiger partial charge in [0.25, 0.3) is 0 Å². The number of aryl methyl sites for hydroxylation is 2. The molecular weight excluding hydrogens is 599 g/mol. The van der Waals surface area contributed by atoms with Gasteiger partial charge in [-0.15, -0.1) is 0 Å². The summed E-state index contributed by atoms with van der Waals surface area (Å²) in [5.74, 6) is 1.86. The molecule has 1 aromatic carbocycles. The Balaban J connectivity index is 0.00000342. The first-order valence-corrected chi connectivity index (χ1v) is 13.5. The molecule has 1 aliphatic rings. The van der Waals surface area contributed by atoms with Gasteiger partial charge in [-0.3, -0.25) is 5.10 Å². The third kappa shape index (κ3) is 5.55. The minimum atomic E-state index is -3.66. The van der Waals surface area contributed by atoms with Crippen LogP contribution in [-0.2, 0) is 16.4 Å². The first kappa shape index (κ1) is 28.0. The van der Waals surface area contributed by atoms with Crippen molar-refractivity contribution in [3.05, 3.63) is 34.4 Å². The molecule has 3 heterocycles. The molecule has 0 unspecified atom stereocenters. The van der Waals surface area contributed by atoms with E-state index in [9.17, 15) is 8.42 Å². The maximum Gasteiger partial charge on any atom is 0.243 e. The Kier molecular flexibility index (Phi) is 8.62. The largest absolute Gasteiger partial charge is 1.00 e. The molecule has 0 radical (unpaired) electrons. The Bertz CT molecular complexity index is 1370. The number of quaternary nitrogens is 1. The van der Waals surface area contributed by atoms with Gasteiger partial charge in [0.2, 0.25) is 10.0 Å². The van der Waals surface area contributed by atoms with Crippen molar-refractivity contribution in [1.29, 1.82) is 0 Å². The van der Waals surface area contributed by atoms with E-state index in [4.69, 9.17) is 17.0 Å². The lowest BCUT2D eigenvalue weighted by Gasteiger charge is -2.38. The summed E-state index contributed by atoms with van der Waals surface area (Å²) in [7, 11) is 0.579. The number of likely N-dealkylation sites (N-methyl/N-ethyl adjacent to an activating group) is 1. The molecule has 2 aromatic heterocycles. The second-order valence-electron chi connectivity index (χ2n) is 9.30. The Morgan fingerprint density at radius 1 is 1.17 bits per heavy atom. The lowest BCUT2D eigenvalue weighted by Crippen LogP contribution is -3.00. The van der Waals surface area contributed by atoms with E-state index in [-0.39, 0.29) is 28.9 Å². The molecule has 9 nitrogen and oxygen atoms in total. The number of hydrogen-bond donors (Lipinski definition) is 1. The zero-order valence-electron chi connectivity index (χ0n) is 20.8.